The molecule has 0 spiro atoms. The van der Waals surface area contributed by atoms with E-state index in [1.54, 1.807) is 42.4 Å². The molecule has 9 heteroatoms. The Labute approximate surface area is 197 Å². The number of hydrogen-bond acceptors (Lipinski definition) is 5. The van der Waals surface area contributed by atoms with E-state index in [2.05, 4.69) is 4.90 Å². The minimum Gasteiger partial charge on any atom is -0.490 e. The topological polar surface area (TPSA) is 64.0 Å². The quantitative estimate of drug-likeness (QED) is 0.659. The van der Waals surface area contributed by atoms with E-state index in [0.717, 1.165) is 38.2 Å². The van der Waals surface area contributed by atoms with Crippen LogP contribution in [0.4, 0.5) is 0 Å². The number of carbonyl (C=O) groups excluding carboxylic acids is 1. The number of benzene rings is 1. The van der Waals surface area contributed by atoms with Gasteiger partial charge in [0.15, 0.2) is 0 Å². The third kappa shape index (κ3) is 5.46. The van der Waals surface area contributed by atoms with Crippen molar-refractivity contribution in [2.24, 2.45) is 7.05 Å². The number of aryl methyl sites for hydroxylation is 1. The predicted molar refractivity (Wildman–Crippen MR) is 124 cm³/mol. The molecule has 2 fully saturated rings. The van der Waals surface area contributed by atoms with Gasteiger partial charge in [0.2, 0.25) is 0 Å². The van der Waals surface area contributed by atoms with Crippen LogP contribution < -0.4 is 10.3 Å². The van der Waals surface area contributed by atoms with Gasteiger partial charge in [-0.05, 0) is 37.1 Å². The van der Waals surface area contributed by atoms with Crippen LogP contribution >= 0.6 is 23.2 Å². The summed E-state index contributed by atoms with van der Waals surface area (Å²) >= 11 is 12.0. The first-order valence-corrected chi connectivity index (χ1v) is 11.6. The molecule has 2 saturated heterocycles. The largest absolute Gasteiger partial charge is 0.490 e. The highest BCUT2D eigenvalue weighted by Gasteiger charge is 2.29. The molecule has 32 heavy (non-hydrogen) atoms. The van der Waals surface area contributed by atoms with Gasteiger partial charge in [0, 0.05) is 52.0 Å². The molecule has 0 radical (unpaired) electrons. The highest BCUT2D eigenvalue weighted by atomic mass is 35.5. The summed E-state index contributed by atoms with van der Waals surface area (Å²) in [5.41, 5.74) is -0.0690. The van der Waals surface area contributed by atoms with E-state index in [1.807, 2.05) is 6.07 Å². The van der Waals surface area contributed by atoms with E-state index in [9.17, 15) is 9.59 Å². The number of aromatic nitrogens is 1. The van der Waals surface area contributed by atoms with E-state index in [1.165, 1.54) is 4.57 Å². The molecule has 0 saturated carbocycles. The Morgan fingerprint density at radius 3 is 2.69 bits per heavy atom. The number of amides is 1. The van der Waals surface area contributed by atoms with E-state index >= 15 is 0 Å². The van der Waals surface area contributed by atoms with Crippen molar-refractivity contribution in [3.8, 4) is 5.75 Å². The van der Waals surface area contributed by atoms with Crippen LogP contribution in [0.25, 0.3) is 0 Å². The number of ether oxygens (including phenoxy) is 2. The van der Waals surface area contributed by atoms with Crippen molar-refractivity contribution in [2.75, 3.05) is 39.3 Å². The van der Waals surface area contributed by atoms with Crippen molar-refractivity contribution >= 4 is 29.1 Å². The Kier molecular flexibility index (Phi) is 7.40. The predicted octanol–water partition coefficient (Wildman–Crippen LogP) is 3.08. The minimum absolute atomic E-state index is 0.0761. The van der Waals surface area contributed by atoms with Gasteiger partial charge in [0.05, 0.1) is 22.8 Å². The fourth-order valence-electron chi connectivity index (χ4n) is 4.19. The number of morpholine rings is 1. The molecule has 1 aromatic heterocycles. The van der Waals surface area contributed by atoms with Gasteiger partial charge in [-0.3, -0.25) is 9.59 Å². The molecule has 1 amide bonds. The zero-order valence-electron chi connectivity index (χ0n) is 18.0. The Balaban J connectivity index is 1.27. The summed E-state index contributed by atoms with van der Waals surface area (Å²) in [6.45, 7) is 3.97. The summed E-state index contributed by atoms with van der Waals surface area (Å²) in [4.78, 5) is 29.2. The number of rotatable bonds is 5. The summed E-state index contributed by atoms with van der Waals surface area (Å²) in [7, 11) is 1.65. The zero-order chi connectivity index (χ0) is 22.7. The van der Waals surface area contributed by atoms with Crippen molar-refractivity contribution in [3.63, 3.8) is 0 Å². The van der Waals surface area contributed by atoms with E-state index in [4.69, 9.17) is 32.7 Å². The molecule has 1 aromatic carbocycles. The maximum Gasteiger partial charge on any atom is 0.263 e. The molecule has 2 aromatic rings. The molecule has 172 valence electrons. The highest BCUT2D eigenvalue weighted by Crippen LogP contribution is 2.28. The Morgan fingerprint density at radius 1 is 1.16 bits per heavy atom. The molecule has 2 aliphatic rings. The summed E-state index contributed by atoms with van der Waals surface area (Å²) in [6, 6.07) is 8.64. The van der Waals surface area contributed by atoms with Crippen molar-refractivity contribution in [1.82, 2.24) is 14.4 Å². The van der Waals surface area contributed by atoms with E-state index in [0.29, 0.717) is 29.7 Å². The number of halogens is 2. The van der Waals surface area contributed by atoms with Gasteiger partial charge in [0.1, 0.15) is 17.4 Å². The highest BCUT2D eigenvalue weighted by molar-refractivity contribution is 6.42. The van der Waals surface area contributed by atoms with Crippen LogP contribution in [0.1, 0.15) is 23.2 Å². The Hall–Kier alpha value is -2.06. The van der Waals surface area contributed by atoms with Crippen LogP contribution in [0.15, 0.2) is 41.3 Å². The smallest absolute Gasteiger partial charge is 0.263 e. The molecule has 1 atom stereocenters. The molecule has 0 N–H and O–H groups in total. The summed E-state index contributed by atoms with van der Waals surface area (Å²) in [6.07, 6.45) is 3.50. The van der Waals surface area contributed by atoms with Crippen molar-refractivity contribution in [3.05, 3.63) is 62.5 Å². The van der Waals surface area contributed by atoms with Gasteiger partial charge < -0.3 is 23.8 Å². The number of hydrogen-bond donors (Lipinski definition) is 0. The minimum atomic E-state index is -0.274. The van der Waals surface area contributed by atoms with Crippen LogP contribution in [0.5, 0.6) is 5.75 Å². The average molecular weight is 480 g/mol. The van der Waals surface area contributed by atoms with Gasteiger partial charge in [-0.2, -0.15) is 0 Å². The second-order valence-corrected chi connectivity index (χ2v) is 9.09. The van der Waals surface area contributed by atoms with Gasteiger partial charge in [-0.1, -0.05) is 23.2 Å². The average Bonchev–Trinajstić information content (AvgIpc) is 2.79. The number of pyridine rings is 1. The number of piperidine rings is 1. The Morgan fingerprint density at radius 2 is 1.94 bits per heavy atom. The fourth-order valence-corrected chi connectivity index (χ4v) is 4.47. The first kappa shape index (κ1) is 23.1. The number of likely N-dealkylation sites (tertiary alicyclic amines) is 1. The lowest BCUT2D eigenvalue weighted by atomic mass is 10.1. The third-order valence-corrected chi connectivity index (χ3v) is 6.71. The summed E-state index contributed by atoms with van der Waals surface area (Å²) in [5, 5.41) is 1.00. The van der Waals surface area contributed by atoms with Crippen LogP contribution in [-0.2, 0) is 11.8 Å². The second kappa shape index (κ2) is 10.3. The maximum atomic E-state index is 12.9. The molecule has 7 nitrogen and oxygen atoms in total. The third-order valence-electron chi connectivity index (χ3n) is 5.97. The summed E-state index contributed by atoms with van der Waals surface area (Å²) in [5.74, 6) is 0.503. The van der Waals surface area contributed by atoms with Gasteiger partial charge in [-0.25, -0.2) is 0 Å². The lowest BCUT2D eigenvalue weighted by Gasteiger charge is -2.38. The first-order valence-electron chi connectivity index (χ1n) is 10.8. The first-order chi connectivity index (χ1) is 15.4. The Bertz CT molecular complexity index is 1020. The van der Waals surface area contributed by atoms with Gasteiger partial charge in [-0.15, -0.1) is 0 Å². The van der Waals surface area contributed by atoms with Crippen LogP contribution in [-0.4, -0.2) is 71.8 Å². The van der Waals surface area contributed by atoms with E-state index in [-0.39, 0.29) is 29.2 Å². The summed E-state index contributed by atoms with van der Waals surface area (Å²) < 4.78 is 13.4. The molecule has 0 bridgehead atoms. The standard InChI is InChI=1S/C23H27Cl2N3O4/c1-26-8-2-3-19(22(26)29)23(30)28-11-12-31-18(15-28)14-27-9-6-16(7-10-27)32-17-4-5-20(24)21(25)13-17/h2-5,8,13,16,18H,6-7,9-12,14-15H2,1H3. The van der Waals surface area contributed by atoms with E-state index < -0.39 is 0 Å². The molecular formula is C23H27Cl2N3O4. The van der Waals surface area contributed by atoms with Crippen LogP contribution in [0, 0.1) is 0 Å². The maximum absolute atomic E-state index is 12.9. The lowest BCUT2D eigenvalue weighted by molar-refractivity contribution is -0.0414. The SMILES string of the molecule is Cn1cccc(C(=O)N2CCOC(CN3CCC(Oc4ccc(Cl)c(Cl)c4)CC3)C2)c1=O. The number of nitrogens with zero attached hydrogens (tertiary/aromatic N) is 3. The molecule has 4 rings (SSSR count). The molecule has 0 aliphatic carbocycles. The van der Waals surface area contributed by atoms with Crippen molar-refractivity contribution in [2.45, 2.75) is 25.0 Å². The van der Waals surface area contributed by atoms with Crippen molar-refractivity contribution < 1.29 is 14.3 Å². The van der Waals surface area contributed by atoms with Crippen LogP contribution in [0.3, 0.4) is 0 Å². The number of carbonyl (C=O) groups is 1. The zero-order valence-corrected chi connectivity index (χ0v) is 19.5. The van der Waals surface area contributed by atoms with Gasteiger partial charge >= 0.3 is 0 Å². The monoisotopic (exact) mass is 479 g/mol. The molecule has 1 unspecified atom stereocenters. The molecular weight excluding hydrogens is 453 g/mol. The van der Waals surface area contributed by atoms with Gasteiger partial charge in [0.25, 0.3) is 11.5 Å². The fraction of sp³-hybridized carbons (Fsp3) is 0.478. The van der Waals surface area contributed by atoms with Crippen LogP contribution in [0.2, 0.25) is 10.0 Å². The normalized spacial score (nSPS) is 20.3. The van der Waals surface area contributed by atoms with Crippen molar-refractivity contribution in [1.29, 1.82) is 0 Å². The lowest BCUT2D eigenvalue weighted by Crippen LogP contribution is -2.51. The second-order valence-electron chi connectivity index (χ2n) is 8.28. The molecule has 2 aliphatic heterocycles. The molecule has 3 heterocycles.